The van der Waals surface area contributed by atoms with E-state index in [1.807, 2.05) is 0 Å². The maximum Gasteiger partial charge on any atom is 0.106 e. The van der Waals surface area contributed by atoms with Crippen LogP contribution in [-0.4, -0.2) is 33.6 Å². The average molecular weight is 337 g/mol. The summed E-state index contributed by atoms with van der Waals surface area (Å²) in [4.78, 5) is 0. The molecule has 4 saturated carbocycles. The van der Waals surface area contributed by atoms with Gasteiger partial charge in [-0.25, -0.2) is 0 Å². The zero-order valence-corrected chi connectivity index (χ0v) is 15.5. The van der Waals surface area contributed by atoms with Gasteiger partial charge in [-0.2, -0.15) is 0 Å². The molecule has 3 N–H and O–H groups in total. The highest BCUT2D eigenvalue weighted by Gasteiger charge is 2.65. The lowest BCUT2D eigenvalue weighted by atomic mass is 9.44. The molecule has 4 aliphatic carbocycles. The summed E-state index contributed by atoms with van der Waals surface area (Å²) in [6.45, 7) is 4.45. The van der Waals surface area contributed by atoms with Crippen molar-refractivity contribution in [1.82, 2.24) is 0 Å². The van der Waals surface area contributed by atoms with Crippen LogP contribution in [0.2, 0.25) is 0 Å². The molecule has 8 atom stereocenters. The van der Waals surface area contributed by atoms with Crippen molar-refractivity contribution < 1.29 is 15.3 Å². The maximum atomic E-state index is 11.3. The molecule has 4 fully saturated rings. The molecule has 0 aliphatic heterocycles. The molecule has 3 nitrogen and oxygen atoms in total. The predicted octanol–water partition coefficient (Wildman–Crippen LogP) is 3.50. The topological polar surface area (TPSA) is 60.7 Å². The smallest absolute Gasteiger partial charge is 0.106 e. The van der Waals surface area contributed by atoms with Crippen molar-refractivity contribution in [3.8, 4) is 0 Å². The van der Waals surface area contributed by atoms with Gasteiger partial charge in [0.25, 0.3) is 0 Å². The van der Waals surface area contributed by atoms with E-state index < -0.39 is 11.7 Å². The quantitative estimate of drug-likeness (QED) is 0.723. The molecule has 24 heavy (non-hydrogen) atoms. The van der Waals surface area contributed by atoms with Crippen LogP contribution in [0.3, 0.4) is 0 Å². The van der Waals surface area contributed by atoms with Crippen molar-refractivity contribution >= 4 is 0 Å². The van der Waals surface area contributed by atoms with E-state index in [1.165, 1.54) is 44.9 Å². The maximum absolute atomic E-state index is 11.3. The van der Waals surface area contributed by atoms with Gasteiger partial charge in [0.2, 0.25) is 0 Å². The third-order valence-corrected chi connectivity index (χ3v) is 9.52. The Hall–Kier alpha value is -0.120. The molecule has 0 spiro atoms. The van der Waals surface area contributed by atoms with E-state index in [1.54, 1.807) is 0 Å². The second-order valence-electron chi connectivity index (χ2n) is 10.0. The molecule has 0 amide bonds. The Balaban J connectivity index is 1.64. The zero-order chi connectivity index (χ0) is 17.2. The van der Waals surface area contributed by atoms with Crippen LogP contribution in [0.25, 0.3) is 0 Å². The summed E-state index contributed by atoms with van der Waals surface area (Å²) >= 11 is 0. The molecule has 0 aromatic carbocycles. The molecule has 0 aromatic rings. The van der Waals surface area contributed by atoms with Gasteiger partial charge in [0, 0.05) is 5.41 Å². The molecule has 0 saturated heterocycles. The van der Waals surface area contributed by atoms with Crippen molar-refractivity contribution in [3.05, 3.63) is 0 Å². The Kier molecular flexibility index (Phi) is 4.10. The SMILES string of the molecule is C[C@]12CCCC[C@@H]1CC[C@H]1[C@H]3CC[C@](O)([C@H](O)CO)[C@]3(C)CC[C@@H]12. The van der Waals surface area contributed by atoms with Crippen LogP contribution >= 0.6 is 0 Å². The average Bonchev–Trinajstić information content (AvgIpc) is 2.86. The van der Waals surface area contributed by atoms with E-state index in [0.29, 0.717) is 23.7 Å². The van der Waals surface area contributed by atoms with Crippen molar-refractivity contribution in [1.29, 1.82) is 0 Å². The van der Waals surface area contributed by atoms with E-state index >= 15 is 0 Å². The van der Waals surface area contributed by atoms with Crippen LogP contribution in [0.1, 0.15) is 78.1 Å². The van der Waals surface area contributed by atoms with Crippen molar-refractivity contribution in [2.24, 2.45) is 34.5 Å². The molecular formula is C21H36O3. The molecular weight excluding hydrogens is 300 g/mol. The number of hydrogen-bond acceptors (Lipinski definition) is 3. The first kappa shape index (κ1) is 17.3. The molecule has 0 heterocycles. The Morgan fingerprint density at radius 2 is 1.67 bits per heavy atom. The number of aliphatic hydroxyl groups is 3. The Bertz CT molecular complexity index is 493. The van der Waals surface area contributed by atoms with E-state index in [4.69, 9.17) is 0 Å². The molecule has 0 unspecified atom stereocenters. The number of fused-ring (bicyclic) bond motifs is 5. The summed E-state index contributed by atoms with van der Waals surface area (Å²) < 4.78 is 0. The summed E-state index contributed by atoms with van der Waals surface area (Å²) in [7, 11) is 0. The molecule has 4 rings (SSSR count). The fraction of sp³-hybridized carbons (Fsp3) is 1.00. The van der Waals surface area contributed by atoms with Gasteiger partial charge in [-0.15, -0.1) is 0 Å². The summed E-state index contributed by atoms with van der Waals surface area (Å²) in [6, 6.07) is 0. The van der Waals surface area contributed by atoms with Gasteiger partial charge in [0.1, 0.15) is 6.10 Å². The first-order valence-electron chi connectivity index (χ1n) is 10.4. The lowest BCUT2D eigenvalue weighted by molar-refractivity contribution is -0.193. The number of rotatable bonds is 2. The van der Waals surface area contributed by atoms with Crippen LogP contribution < -0.4 is 0 Å². The highest BCUT2D eigenvalue weighted by Crippen LogP contribution is 2.68. The molecule has 138 valence electrons. The number of aliphatic hydroxyl groups excluding tert-OH is 2. The Morgan fingerprint density at radius 3 is 2.42 bits per heavy atom. The summed E-state index contributed by atoms with van der Waals surface area (Å²) in [5, 5.41) is 31.1. The molecule has 0 aromatic heterocycles. The second kappa shape index (κ2) is 5.69. The highest BCUT2D eigenvalue weighted by molar-refractivity contribution is 5.15. The first-order valence-corrected chi connectivity index (χ1v) is 10.4. The third kappa shape index (κ3) is 2.07. The summed E-state index contributed by atoms with van der Waals surface area (Å²) in [5.74, 6) is 2.95. The largest absolute Gasteiger partial charge is 0.394 e. The van der Waals surface area contributed by atoms with Gasteiger partial charge in [0.15, 0.2) is 0 Å². The van der Waals surface area contributed by atoms with Gasteiger partial charge in [0.05, 0.1) is 12.2 Å². The minimum atomic E-state index is -1.10. The fourth-order valence-electron chi connectivity index (χ4n) is 8.04. The molecule has 0 bridgehead atoms. The van der Waals surface area contributed by atoms with Gasteiger partial charge < -0.3 is 15.3 Å². The van der Waals surface area contributed by atoms with Gasteiger partial charge in [-0.3, -0.25) is 0 Å². The molecule has 4 aliphatic rings. The Morgan fingerprint density at radius 1 is 0.917 bits per heavy atom. The minimum Gasteiger partial charge on any atom is -0.394 e. The molecule has 3 heteroatoms. The lowest BCUT2D eigenvalue weighted by Crippen LogP contribution is -2.60. The fourth-order valence-corrected chi connectivity index (χ4v) is 8.04. The highest BCUT2D eigenvalue weighted by atomic mass is 16.4. The first-order chi connectivity index (χ1) is 11.4. The van der Waals surface area contributed by atoms with Crippen LogP contribution in [0, 0.1) is 34.5 Å². The van der Waals surface area contributed by atoms with E-state index in [0.717, 1.165) is 24.7 Å². The zero-order valence-electron chi connectivity index (χ0n) is 15.5. The van der Waals surface area contributed by atoms with E-state index in [2.05, 4.69) is 13.8 Å². The lowest BCUT2D eigenvalue weighted by Gasteiger charge is -2.61. The van der Waals surface area contributed by atoms with Gasteiger partial charge in [-0.05, 0) is 80.5 Å². The number of hydrogen-bond donors (Lipinski definition) is 3. The minimum absolute atomic E-state index is 0.228. The Labute approximate surface area is 146 Å². The van der Waals surface area contributed by atoms with E-state index in [-0.39, 0.29) is 12.0 Å². The van der Waals surface area contributed by atoms with Crippen molar-refractivity contribution in [2.75, 3.05) is 6.61 Å². The van der Waals surface area contributed by atoms with Crippen molar-refractivity contribution in [2.45, 2.75) is 89.8 Å². The van der Waals surface area contributed by atoms with Crippen LogP contribution in [0.15, 0.2) is 0 Å². The van der Waals surface area contributed by atoms with Crippen LogP contribution in [-0.2, 0) is 0 Å². The van der Waals surface area contributed by atoms with Crippen molar-refractivity contribution in [3.63, 3.8) is 0 Å². The van der Waals surface area contributed by atoms with Crippen LogP contribution in [0.4, 0.5) is 0 Å². The monoisotopic (exact) mass is 336 g/mol. The second-order valence-corrected chi connectivity index (χ2v) is 10.0. The summed E-state index contributed by atoms with van der Waals surface area (Å²) in [5.41, 5.74) is -0.811. The van der Waals surface area contributed by atoms with E-state index in [9.17, 15) is 15.3 Å². The van der Waals surface area contributed by atoms with Gasteiger partial charge in [-0.1, -0.05) is 26.7 Å². The predicted molar refractivity (Wildman–Crippen MR) is 94.4 cm³/mol. The molecule has 0 radical (unpaired) electrons. The summed E-state index contributed by atoms with van der Waals surface area (Å²) in [6.07, 6.45) is 11.2. The van der Waals surface area contributed by atoms with Crippen LogP contribution in [0.5, 0.6) is 0 Å². The normalized spacial score (nSPS) is 55.4. The third-order valence-electron chi connectivity index (χ3n) is 9.52. The standard InChI is InChI=1S/C21H36O3/c1-19-10-4-3-5-14(19)6-7-15-16(19)8-11-20(2)17(15)9-12-21(20,24)18(23)13-22/h14-18,22-24H,3-13H2,1-2H3/t14-,15-,16+,17-,18-,19+,20-,21+/m1/s1. The van der Waals surface area contributed by atoms with Gasteiger partial charge >= 0.3 is 0 Å².